The number of rotatable bonds is 4. The predicted molar refractivity (Wildman–Crippen MR) is 94.6 cm³/mol. The van der Waals surface area contributed by atoms with Crippen LogP contribution in [0, 0.1) is 13.8 Å². The summed E-state index contributed by atoms with van der Waals surface area (Å²) in [6.07, 6.45) is 1.79. The molecule has 0 bridgehead atoms. The zero-order chi connectivity index (χ0) is 16.9. The molecule has 0 saturated heterocycles. The lowest BCUT2D eigenvalue weighted by atomic mass is 10.1. The average Bonchev–Trinajstić information content (AvgIpc) is 2.61. The molecular weight excluding hydrogens is 298 g/mol. The number of hydrogen-bond acceptors (Lipinski definition) is 3. The van der Waals surface area contributed by atoms with E-state index in [2.05, 4.69) is 46.5 Å². The highest BCUT2D eigenvalue weighted by Gasteiger charge is 2.07. The van der Waals surface area contributed by atoms with Gasteiger partial charge in [0.05, 0.1) is 5.69 Å². The molecule has 2 heterocycles. The summed E-state index contributed by atoms with van der Waals surface area (Å²) >= 11 is 0. The zero-order valence-electron chi connectivity index (χ0n) is 13.8. The van der Waals surface area contributed by atoms with Crippen molar-refractivity contribution in [3.63, 3.8) is 0 Å². The molecule has 4 nitrogen and oxygen atoms in total. The Kier molecular flexibility index (Phi) is 4.66. The Morgan fingerprint density at radius 3 is 2.46 bits per heavy atom. The first-order valence-corrected chi connectivity index (χ1v) is 7.85. The molecule has 3 rings (SSSR count). The number of carbonyl (C=O) groups is 1. The molecule has 0 saturated carbocycles. The molecule has 120 valence electrons. The van der Waals surface area contributed by atoms with Crippen LogP contribution in [0.4, 0.5) is 0 Å². The molecule has 4 heteroatoms. The number of benzene rings is 1. The molecule has 0 radical (unpaired) electrons. The minimum atomic E-state index is -0.179. The summed E-state index contributed by atoms with van der Waals surface area (Å²) in [7, 11) is 0. The summed E-state index contributed by atoms with van der Waals surface area (Å²) < 4.78 is 0. The summed E-state index contributed by atoms with van der Waals surface area (Å²) in [6.45, 7) is 4.35. The Labute approximate surface area is 141 Å². The summed E-state index contributed by atoms with van der Waals surface area (Å²) in [4.78, 5) is 20.8. The molecule has 0 aliphatic heterocycles. The monoisotopic (exact) mass is 317 g/mol. The number of carbonyl (C=O) groups excluding carboxylic acids is 1. The van der Waals surface area contributed by atoms with E-state index in [0.29, 0.717) is 12.2 Å². The van der Waals surface area contributed by atoms with Crippen molar-refractivity contribution in [3.05, 3.63) is 83.3 Å². The van der Waals surface area contributed by atoms with Gasteiger partial charge in [-0.15, -0.1) is 0 Å². The van der Waals surface area contributed by atoms with Crippen molar-refractivity contribution in [2.45, 2.75) is 20.4 Å². The van der Waals surface area contributed by atoms with E-state index in [4.69, 9.17) is 0 Å². The van der Waals surface area contributed by atoms with E-state index < -0.39 is 0 Å². The third-order valence-electron chi connectivity index (χ3n) is 3.75. The lowest BCUT2D eigenvalue weighted by Crippen LogP contribution is -2.24. The zero-order valence-corrected chi connectivity index (χ0v) is 13.8. The average molecular weight is 317 g/mol. The molecule has 2 aromatic heterocycles. The van der Waals surface area contributed by atoms with Crippen molar-refractivity contribution in [2.75, 3.05) is 0 Å². The van der Waals surface area contributed by atoms with Crippen molar-refractivity contribution >= 4 is 5.91 Å². The van der Waals surface area contributed by atoms with Gasteiger partial charge in [-0.3, -0.25) is 9.78 Å². The molecule has 0 aliphatic carbocycles. The van der Waals surface area contributed by atoms with Crippen LogP contribution in [0.3, 0.4) is 0 Å². The maximum Gasteiger partial charge on any atom is 0.270 e. The fourth-order valence-electron chi connectivity index (χ4n) is 2.37. The normalized spacial score (nSPS) is 10.4. The van der Waals surface area contributed by atoms with Gasteiger partial charge >= 0.3 is 0 Å². The number of amides is 1. The van der Waals surface area contributed by atoms with Crippen molar-refractivity contribution in [1.82, 2.24) is 15.3 Å². The van der Waals surface area contributed by atoms with Crippen molar-refractivity contribution in [1.29, 1.82) is 0 Å². The van der Waals surface area contributed by atoms with Gasteiger partial charge in [-0.05, 0) is 37.6 Å². The smallest absolute Gasteiger partial charge is 0.270 e. The molecule has 1 amide bonds. The third kappa shape index (κ3) is 3.84. The van der Waals surface area contributed by atoms with Gasteiger partial charge in [-0.2, -0.15) is 0 Å². The minimum Gasteiger partial charge on any atom is -0.347 e. The predicted octanol–water partition coefficient (Wildman–Crippen LogP) is 3.69. The van der Waals surface area contributed by atoms with E-state index in [1.54, 1.807) is 12.3 Å². The molecule has 0 unspecified atom stereocenters. The van der Waals surface area contributed by atoms with Crippen LogP contribution in [0.25, 0.3) is 11.3 Å². The Balaban J connectivity index is 1.64. The number of pyridine rings is 2. The maximum absolute atomic E-state index is 12.1. The molecule has 24 heavy (non-hydrogen) atoms. The first-order valence-electron chi connectivity index (χ1n) is 7.85. The highest BCUT2D eigenvalue weighted by molar-refractivity contribution is 5.92. The van der Waals surface area contributed by atoms with Crippen LogP contribution >= 0.6 is 0 Å². The summed E-state index contributed by atoms with van der Waals surface area (Å²) in [6, 6.07) is 17.6. The van der Waals surface area contributed by atoms with Crippen molar-refractivity contribution < 1.29 is 4.79 Å². The number of hydrogen-bond donors (Lipinski definition) is 1. The second-order valence-electron chi connectivity index (χ2n) is 5.76. The van der Waals surface area contributed by atoms with E-state index in [-0.39, 0.29) is 5.91 Å². The molecule has 1 N–H and O–H groups in total. The van der Waals surface area contributed by atoms with Gasteiger partial charge in [0.2, 0.25) is 0 Å². The SMILES string of the molecule is Cc1ccc(-c2ccc(CNC(=O)c3cccc(C)n3)cn2)cc1. The maximum atomic E-state index is 12.1. The van der Waals surface area contributed by atoms with Crippen LogP contribution in [0.2, 0.25) is 0 Å². The number of aryl methyl sites for hydroxylation is 2. The molecule has 0 atom stereocenters. The van der Waals surface area contributed by atoms with Gasteiger partial charge in [0.1, 0.15) is 5.69 Å². The first-order chi connectivity index (χ1) is 11.6. The molecular formula is C20H19N3O. The quantitative estimate of drug-likeness (QED) is 0.798. The molecule has 3 aromatic rings. The Hall–Kier alpha value is -3.01. The van der Waals surface area contributed by atoms with E-state index >= 15 is 0 Å². The Morgan fingerprint density at radius 1 is 1.00 bits per heavy atom. The molecule has 0 fully saturated rings. The van der Waals surface area contributed by atoms with Gasteiger partial charge < -0.3 is 5.32 Å². The third-order valence-corrected chi connectivity index (χ3v) is 3.75. The fourth-order valence-corrected chi connectivity index (χ4v) is 2.37. The Bertz CT molecular complexity index is 840. The highest BCUT2D eigenvalue weighted by Crippen LogP contribution is 2.17. The minimum absolute atomic E-state index is 0.179. The van der Waals surface area contributed by atoms with Gasteiger partial charge in [0.25, 0.3) is 5.91 Å². The van der Waals surface area contributed by atoms with Crippen molar-refractivity contribution in [3.8, 4) is 11.3 Å². The largest absolute Gasteiger partial charge is 0.347 e. The van der Waals surface area contributed by atoms with Crippen LogP contribution in [-0.2, 0) is 6.54 Å². The molecule has 1 aromatic carbocycles. The van der Waals surface area contributed by atoms with Gasteiger partial charge in [0, 0.05) is 24.0 Å². The topological polar surface area (TPSA) is 54.9 Å². The molecule has 0 aliphatic rings. The van der Waals surface area contributed by atoms with Crippen LogP contribution in [0.1, 0.15) is 27.3 Å². The number of nitrogens with zero attached hydrogens (tertiary/aromatic N) is 2. The standard InChI is InChI=1S/C20H19N3O/c1-14-6-9-17(10-7-14)18-11-8-16(12-21-18)13-22-20(24)19-5-3-4-15(2)23-19/h3-12H,13H2,1-2H3,(H,22,24). The second-order valence-corrected chi connectivity index (χ2v) is 5.76. The second kappa shape index (κ2) is 7.04. The van der Waals surface area contributed by atoms with Crippen LogP contribution in [-0.4, -0.2) is 15.9 Å². The Morgan fingerprint density at radius 2 is 1.79 bits per heavy atom. The van der Waals surface area contributed by atoms with Crippen molar-refractivity contribution in [2.24, 2.45) is 0 Å². The number of aromatic nitrogens is 2. The van der Waals surface area contributed by atoms with E-state index in [0.717, 1.165) is 22.5 Å². The van der Waals surface area contributed by atoms with Crippen LogP contribution in [0.5, 0.6) is 0 Å². The first kappa shape index (κ1) is 15.9. The highest BCUT2D eigenvalue weighted by atomic mass is 16.1. The summed E-state index contributed by atoms with van der Waals surface area (Å²) in [5.74, 6) is -0.179. The summed E-state index contributed by atoms with van der Waals surface area (Å²) in [5, 5.41) is 2.87. The lowest BCUT2D eigenvalue weighted by molar-refractivity contribution is 0.0945. The molecule has 0 spiro atoms. The van der Waals surface area contributed by atoms with E-state index in [1.165, 1.54) is 5.56 Å². The lowest BCUT2D eigenvalue weighted by Gasteiger charge is -2.06. The number of nitrogens with one attached hydrogen (secondary N) is 1. The van der Waals surface area contributed by atoms with E-state index in [1.807, 2.05) is 31.2 Å². The summed E-state index contributed by atoms with van der Waals surface area (Å²) in [5.41, 5.74) is 5.44. The fraction of sp³-hybridized carbons (Fsp3) is 0.150. The van der Waals surface area contributed by atoms with Gasteiger partial charge in [-0.1, -0.05) is 42.0 Å². The van der Waals surface area contributed by atoms with Crippen LogP contribution in [0.15, 0.2) is 60.8 Å². The van der Waals surface area contributed by atoms with Gasteiger partial charge in [-0.25, -0.2) is 4.98 Å². The van der Waals surface area contributed by atoms with Gasteiger partial charge in [0.15, 0.2) is 0 Å². The van der Waals surface area contributed by atoms with Crippen LogP contribution < -0.4 is 5.32 Å². The van der Waals surface area contributed by atoms with E-state index in [9.17, 15) is 4.79 Å².